The van der Waals surface area contributed by atoms with E-state index in [-0.39, 0.29) is 36.5 Å². The van der Waals surface area contributed by atoms with Crippen LogP contribution < -0.4 is 15.8 Å². The van der Waals surface area contributed by atoms with Gasteiger partial charge in [-0.2, -0.15) is 4.72 Å². The van der Waals surface area contributed by atoms with Gasteiger partial charge in [-0.25, -0.2) is 8.42 Å². The molecule has 1 aliphatic rings. The van der Waals surface area contributed by atoms with Crippen molar-refractivity contribution in [1.82, 2.24) is 19.8 Å². The summed E-state index contributed by atoms with van der Waals surface area (Å²) in [6.45, 7) is 5.17. The molecule has 2 amide bonds. The number of guanidine groups is 1. The highest BCUT2D eigenvalue weighted by Crippen LogP contribution is 2.20. The Morgan fingerprint density at radius 2 is 1.81 bits per heavy atom. The number of rotatable bonds is 14. The Morgan fingerprint density at radius 3 is 2.45 bits per heavy atom. The normalized spacial score (nSPS) is 14.8. The van der Waals surface area contributed by atoms with Crippen molar-refractivity contribution in [2.45, 2.75) is 56.9 Å². The van der Waals surface area contributed by atoms with Crippen molar-refractivity contribution in [3.63, 3.8) is 0 Å². The first kappa shape index (κ1) is 32.8. The first-order chi connectivity index (χ1) is 20.0. The summed E-state index contributed by atoms with van der Waals surface area (Å²) >= 11 is 0. The Morgan fingerprint density at radius 1 is 1.12 bits per heavy atom. The Bertz CT molecular complexity index is 1360. The van der Waals surface area contributed by atoms with Crippen molar-refractivity contribution in [2.24, 2.45) is 11.7 Å². The minimum absolute atomic E-state index is 0.0213. The number of amides is 2. The van der Waals surface area contributed by atoms with Crippen molar-refractivity contribution < 1.29 is 27.5 Å². The number of fused-ring (bicyclic) bond motifs is 1. The molecule has 0 saturated carbocycles. The number of nitrogens with one attached hydrogen (secondary N) is 3. The molecule has 1 atom stereocenters. The molecule has 5 N–H and O–H groups in total. The minimum Gasteiger partial charge on any atom is -0.465 e. The summed E-state index contributed by atoms with van der Waals surface area (Å²) in [7, 11) is -4.22. The zero-order valence-electron chi connectivity index (χ0n) is 24.3. The fourth-order valence-corrected chi connectivity index (χ4v) is 6.09. The Hall–Kier alpha value is -3.71. The molecule has 0 radical (unpaired) electrons. The van der Waals surface area contributed by atoms with E-state index in [0.717, 1.165) is 24.6 Å². The zero-order chi connectivity index (χ0) is 30.7. The molecule has 2 aromatic carbocycles. The van der Waals surface area contributed by atoms with E-state index in [9.17, 15) is 22.8 Å². The lowest BCUT2D eigenvalue weighted by atomic mass is 9.97. The molecule has 1 saturated heterocycles. The van der Waals surface area contributed by atoms with E-state index >= 15 is 0 Å². The van der Waals surface area contributed by atoms with Crippen LogP contribution in [-0.2, 0) is 29.1 Å². The topological polar surface area (TPSA) is 175 Å². The molecular weight excluding hydrogens is 560 g/mol. The molecular formula is C29H42N6O6S. The predicted molar refractivity (Wildman–Crippen MR) is 160 cm³/mol. The molecule has 2 aromatic rings. The van der Waals surface area contributed by atoms with Crippen LogP contribution in [0.5, 0.6) is 0 Å². The SMILES string of the molecule is CCCCN(CC(=O)OCC)C(=O)[C@H](CC(=O)NCC1CCN(C(=N)N)CC1)NS(=O)(=O)c1ccc2ccccc2c1. The molecule has 0 unspecified atom stereocenters. The molecule has 3 rings (SSSR count). The monoisotopic (exact) mass is 602 g/mol. The van der Waals surface area contributed by atoms with Gasteiger partial charge in [-0.05, 0) is 55.0 Å². The van der Waals surface area contributed by atoms with Crippen LogP contribution in [0.2, 0.25) is 0 Å². The van der Waals surface area contributed by atoms with E-state index in [1.165, 1.54) is 17.0 Å². The molecule has 42 heavy (non-hydrogen) atoms. The number of sulfonamides is 1. The van der Waals surface area contributed by atoms with Gasteiger partial charge in [0.2, 0.25) is 21.8 Å². The second kappa shape index (κ2) is 15.5. The standard InChI is InChI=1S/C29H42N6O6S/c1-3-5-14-35(20-27(37)41-4-2)28(38)25(18-26(36)32-19-21-12-15-34(16-13-21)29(30)31)33-42(39,40)24-11-10-22-8-6-7-9-23(22)17-24/h6-11,17,21,25,33H,3-5,12-16,18-20H2,1-2H3,(H3,30,31)(H,32,36)/t25-/m0/s1. The maximum atomic E-state index is 13.7. The number of esters is 1. The number of nitrogens with zero attached hydrogens (tertiary/aromatic N) is 2. The number of carbonyl (C=O) groups is 3. The van der Waals surface area contributed by atoms with Crippen LogP contribution in [0.15, 0.2) is 47.4 Å². The lowest BCUT2D eigenvalue weighted by Gasteiger charge is -2.32. The van der Waals surface area contributed by atoms with Gasteiger partial charge in [0, 0.05) is 26.2 Å². The van der Waals surface area contributed by atoms with E-state index in [1.54, 1.807) is 30.0 Å². The van der Waals surface area contributed by atoms with Crippen molar-refractivity contribution in [2.75, 3.05) is 39.3 Å². The van der Waals surface area contributed by atoms with Gasteiger partial charge in [0.25, 0.3) is 0 Å². The second-order valence-corrected chi connectivity index (χ2v) is 12.1. The fraction of sp³-hybridized carbons (Fsp3) is 0.517. The van der Waals surface area contributed by atoms with Crippen LogP contribution in [-0.4, -0.2) is 87.3 Å². The third-order valence-corrected chi connectivity index (χ3v) is 8.75. The Balaban J connectivity index is 1.79. The van der Waals surface area contributed by atoms with Gasteiger partial charge in [0.15, 0.2) is 5.96 Å². The molecule has 0 spiro atoms. The third-order valence-electron chi connectivity index (χ3n) is 7.28. The van der Waals surface area contributed by atoms with Crippen molar-refractivity contribution in [3.8, 4) is 0 Å². The summed E-state index contributed by atoms with van der Waals surface area (Å²) in [4.78, 5) is 42.0. The number of hydrogen-bond acceptors (Lipinski definition) is 7. The first-order valence-corrected chi connectivity index (χ1v) is 15.8. The number of likely N-dealkylation sites (tertiary alicyclic amines) is 1. The smallest absolute Gasteiger partial charge is 0.325 e. The van der Waals surface area contributed by atoms with Gasteiger partial charge in [-0.3, -0.25) is 19.8 Å². The molecule has 0 aromatic heterocycles. The average molecular weight is 603 g/mol. The highest BCUT2D eigenvalue weighted by Gasteiger charge is 2.32. The lowest BCUT2D eigenvalue weighted by Crippen LogP contribution is -2.52. The van der Waals surface area contributed by atoms with Crippen LogP contribution >= 0.6 is 0 Å². The van der Waals surface area contributed by atoms with Crippen molar-refractivity contribution in [3.05, 3.63) is 42.5 Å². The highest BCUT2D eigenvalue weighted by atomic mass is 32.2. The van der Waals surface area contributed by atoms with Crippen LogP contribution in [0.25, 0.3) is 10.8 Å². The number of ether oxygens (including phenoxy) is 1. The van der Waals surface area contributed by atoms with Gasteiger partial charge < -0.3 is 25.6 Å². The molecule has 1 heterocycles. The first-order valence-electron chi connectivity index (χ1n) is 14.3. The number of carbonyl (C=O) groups excluding carboxylic acids is 3. The summed E-state index contributed by atoms with van der Waals surface area (Å²) in [5.74, 6) is -1.59. The number of benzene rings is 2. The molecule has 1 aliphatic heterocycles. The van der Waals surface area contributed by atoms with Gasteiger partial charge in [-0.15, -0.1) is 0 Å². The molecule has 12 nitrogen and oxygen atoms in total. The molecule has 13 heteroatoms. The Kier molecular flexibility index (Phi) is 12.1. The molecule has 1 fully saturated rings. The summed E-state index contributed by atoms with van der Waals surface area (Å²) in [6, 6.07) is 10.5. The summed E-state index contributed by atoms with van der Waals surface area (Å²) in [5.41, 5.74) is 5.56. The van der Waals surface area contributed by atoms with E-state index in [2.05, 4.69) is 10.0 Å². The molecule has 230 valence electrons. The van der Waals surface area contributed by atoms with E-state index in [4.69, 9.17) is 15.9 Å². The predicted octanol–water partition coefficient (Wildman–Crippen LogP) is 1.79. The second-order valence-electron chi connectivity index (χ2n) is 10.4. The maximum Gasteiger partial charge on any atom is 0.325 e. The Labute approximate surface area is 247 Å². The quantitative estimate of drug-likeness (QED) is 0.144. The maximum absolute atomic E-state index is 13.7. The number of unbranched alkanes of at least 4 members (excludes halogenated alkanes) is 1. The fourth-order valence-electron chi connectivity index (χ4n) is 4.86. The molecule has 0 bridgehead atoms. The summed E-state index contributed by atoms with van der Waals surface area (Å²) < 4.78 is 34.4. The average Bonchev–Trinajstić information content (AvgIpc) is 2.97. The lowest BCUT2D eigenvalue weighted by molar-refractivity contribution is -0.149. The van der Waals surface area contributed by atoms with Crippen molar-refractivity contribution in [1.29, 1.82) is 5.41 Å². The zero-order valence-corrected chi connectivity index (χ0v) is 25.1. The molecule has 0 aliphatic carbocycles. The van der Waals surface area contributed by atoms with Crippen LogP contribution in [0.3, 0.4) is 0 Å². The third kappa shape index (κ3) is 9.41. The van der Waals surface area contributed by atoms with Gasteiger partial charge in [0.1, 0.15) is 12.6 Å². The van der Waals surface area contributed by atoms with Gasteiger partial charge in [-0.1, -0.05) is 43.7 Å². The van der Waals surface area contributed by atoms with E-state index < -0.39 is 40.3 Å². The summed E-state index contributed by atoms with van der Waals surface area (Å²) in [6.07, 6.45) is 2.36. The van der Waals surface area contributed by atoms with Crippen LogP contribution in [0.4, 0.5) is 0 Å². The van der Waals surface area contributed by atoms with E-state index in [1.807, 2.05) is 19.1 Å². The van der Waals surface area contributed by atoms with Gasteiger partial charge in [0.05, 0.1) is 17.9 Å². The largest absolute Gasteiger partial charge is 0.465 e. The van der Waals surface area contributed by atoms with Crippen molar-refractivity contribution >= 4 is 44.5 Å². The van der Waals surface area contributed by atoms with Crippen LogP contribution in [0, 0.1) is 11.3 Å². The highest BCUT2D eigenvalue weighted by molar-refractivity contribution is 7.89. The summed E-state index contributed by atoms with van der Waals surface area (Å²) in [5, 5.41) is 12.0. The minimum atomic E-state index is -4.22. The van der Waals surface area contributed by atoms with E-state index in [0.29, 0.717) is 31.4 Å². The van der Waals surface area contributed by atoms with Gasteiger partial charge >= 0.3 is 5.97 Å². The number of hydrogen-bond donors (Lipinski definition) is 4. The number of piperidine rings is 1. The number of nitrogens with two attached hydrogens (primary N) is 1. The van der Waals surface area contributed by atoms with Crippen LogP contribution in [0.1, 0.15) is 46.0 Å².